The predicted octanol–water partition coefficient (Wildman–Crippen LogP) is 2.65. The fraction of sp³-hybridized carbons (Fsp3) is 0.562. The first-order chi connectivity index (χ1) is 10.1. The molecule has 4 nitrogen and oxygen atoms in total. The summed E-state index contributed by atoms with van der Waals surface area (Å²) in [5, 5.41) is 13.4. The molecule has 5 heteroatoms. The number of hydrogen-bond donors (Lipinski definition) is 2. The number of carbonyl (C=O) groups is 1. The smallest absolute Gasteiger partial charge is 0.255 e. The summed E-state index contributed by atoms with van der Waals surface area (Å²) >= 11 is 6.13. The molecule has 1 aromatic carbocycles. The summed E-state index contributed by atoms with van der Waals surface area (Å²) in [6.07, 6.45) is 4.69. The molecule has 1 aliphatic carbocycles. The molecule has 0 aromatic heterocycles. The number of carbonyl (C=O) groups excluding carboxylic acids is 1. The molecule has 2 aliphatic rings. The molecule has 1 amide bonds. The quantitative estimate of drug-likeness (QED) is 0.879. The molecule has 1 saturated heterocycles. The summed E-state index contributed by atoms with van der Waals surface area (Å²) in [5.74, 6) is 0.635. The number of nitrogens with one attached hydrogen (secondary N) is 1. The molecule has 0 bridgehead atoms. The van der Waals surface area contributed by atoms with Gasteiger partial charge in [0, 0.05) is 19.1 Å². The van der Waals surface area contributed by atoms with E-state index in [1.54, 1.807) is 6.07 Å². The standard InChI is InChI=1S/C16H21ClN2O2/c17-15-6-5-13(20)8-14(15)16(21)19(9-11-3-4-11)10-12-2-1-7-18-12/h5-6,8,11-12,18,20H,1-4,7,9-10H2. The Kier molecular flexibility index (Phi) is 4.36. The zero-order valence-electron chi connectivity index (χ0n) is 12.0. The van der Waals surface area contributed by atoms with Crippen LogP contribution in [0, 0.1) is 5.92 Å². The molecular weight excluding hydrogens is 288 g/mol. The molecule has 1 aromatic rings. The largest absolute Gasteiger partial charge is 0.508 e. The van der Waals surface area contributed by atoms with Gasteiger partial charge in [0.05, 0.1) is 10.6 Å². The average Bonchev–Trinajstić information content (AvgIpc) is 3.13. The molecule has 0 spiro atoms. The van der Waals surface area contributed by atoms with Gasteiger partial charge in [-0.2, -0.15) is 0 Å². The number of phenolic OH excluding ortho intramolecular Hbond substituents is 1. The van der Waals surface area contributed by atoms with Gasteiger partial charge in [0.15, 0.2) is 0 Å². The maximum Gasteiger partial charge on any atom is 0.255 e. The highest BCUT2D eigenvalue weighted by atomic mass is 35.5. The minimum atomic E-state index is -0.0727. The lowest BCUT2D eigenvalue weighted by molar-refractivity contribution is 0.0733. The van der Waals surface area contributed by atoms with Crippen molar-refractivity contribution in [3.05, 3.63) is 28.8 Å². The number of aromatic hydroxyl groups is 1. The summed E-state index contributed by atoms with van der Waals surface area (Å²) < 4.78 is 0. The Bertz CT molecular complexity index is 525. The summed E-state index contributed by atoms with van der Waals surface area (Å²) in [4.78, 5) is 14.7. The van der Waals surface area contributed by atoms with Crippen LogP contribution < -0.4 is 5.32 Å². The second-order valence-electron chi connectivity index (χ2n) is 6.11. The van der Waals surface area contributed by atoms with Crippen LogP contribution in [0.2, 0.25) is 5.02 Å². The third kappa shape index (κ3) is 3.69. The van der Waals surface area contributed by atoms with E-state index < -0.39 is 0 Å². The summed E-state index contributed by atoms with van der Waals surface area (Å²) in [5.41, 5.74) is 0.398. The zero-order chi connectivity index (χ0) is 14.8. The normalized spacial score (nSPS) is 21.5. The van der Waals surface area contributed by atoms with Crippen molar-refractivity contribution in [2.24, 2.45) is 5.92 Å². The first-order valence-corrected chi connectivity index (χ1v) is 8.02. The Labute approximate surface area is 130 Å². The van der Waals surface area contributed by atoms with Gasteiger partial charge in [-0.3, -0.25) is 4.79 Å². The Morgan fingerprint density at radius 1 is 1.33 bits per heavy atom. The van der Waals surface area contributed by atoms with Crippen molar-refractivity contribution in [3.63, 3.8) is 0 Å². The van der Waals surface area contributed by atoms with Gasteiger partial charge in [0.2, 0.25) is 0 Å². The monoisotopic (exact) mass is 308 g/mol. The Morgan fingerprint density at radius 2 is 2.14 bits per heavy atom. The molecule has 21 heavy (non-hydrogen) atoms. The van der Waals surface area contributed by atoms with Crippen LogP contribution in [0.1, 0.15) is 36.0 Å². The van der Waals surface area contributed by atoms with Crippen molar-refractivity contribution in [3.8, 4) is 5.75 Å². The summed E-state index contributed by atoms with van der Waals surface area (Å²) in [6, 6.07) is 4.92. The van der Waals surface area contributed by atoms with Gasteiger partial charge in [0.25, 0.3) is 5.91 Å². The van der Waals surface area contributed by atoms with Gasteiger partial charge in [-0.1, -0.05) is 11.6 Å². The lowest BCUT2D eigenvalue weighted by Crippen LogP contribution is -2.42. The van der Waals surface area contributed by atoms with E-state index >= 15 is 0 Å². The van der Waals surface area contributed by atoms with Gasteiger partial charge in [0.1, 0.15) is 5.75 Å². The fourth-order valence-electron chi connectivity index (χ4n) is 2.88. The lowest BCUT2D eigenvalue weighted by atomic mass is 10.1. The predicted molar refractivity (Wildman–Crippen MR) is 82.8 cm³/mol. The molecule has 0 radical (unpaired) electrons. The van der Waals surface area contributed by atoms with Crippen LogP contribution in [0.4, 0.5) is 0 Å². The first-order valence-electron chi connectivity index (χ1n) is 7.64. The molecule has 1 saturated carbocycles. The van der Waals surface area contributed by atoms with E-state index in [4.69, 9.17) is 11.6 Å². The molecule has 1 unspecified atom stereocenters. The van der Waals surface area contributed by atoms with Crippen LogP contribution in [0.5, 0.6) is 5.75 Å². The number of benzene rings is 1. The number of halogens is 1. The Hall–Kier alpha value is -1.26. The average molecular weight is 309 g/mol. The second-order valence-corrected chi connectivity index (χ2v) is 6.52. The van der Waals surface area contributed by atoms with Crippen molar-refractivity contribution in [1.29, 1.82) is 0 Å². The molecular formula is C16H21ClN2O2. The molecule has 2 fully saturated rings. The fourth-order valence-corrected chi connectivity index (χ4v) is 3.08. The van der Waals surface area contributed by atoms with Gasteiger partial charge < -0.3 is 15.3 Å². The second kappa shape index (κ2) is 6.24. The van der Waals surface area contributed by atoms with Crippen LogP contribution in [0.3, 0.4) is 0 Å². The van der Waals surface area contributed by atoms with Crippen LogP contribution in [-0.4, -0.2) is 41.6 Å². The van der Waals surface area contributed by atoms with E-state index in [1.807, 2.05) is 4.90 Å². The minimum absolute atomic E-state index is 0.0727. The van der Waals surface area contributed by atoms with Gasteiger partial charge in [-0.15, -0.1) is 0 Å². The minimum Gasteiger partial charge on any atom is -0.508 e. The highest BCUT2D eigenvalue weighted by Gasteiger charge is 2.30. The van der Waals surface area contributed by atoms with E-state index in [1.165, 1.54) is 31.4 Å². The number of phenols is 1. The molecule has 1 heterocycles. The van der Waals surface area contributed by atoms with Crippen molar-refractivity contribution in [1.82, 2.24) is 10.2 Å². The first kappa shape index (κ1) is 14.7. The molecule has 2 N–H and O–H groups in total. The van der Waals surface area contributed by atoms with Crippen LogP contribution in [-0.2, 0) is 0 Å². The van der Waals surface area contributed by atoms with E-state index in [0.717, 1.165) is 26.1 Å². The van der Waals surface area contributed by atoms with E-state index in [-0.39, 0.29) is 11.7 Å². The topological polar surface area (TPSA) is 52.6 Å². The van der Waals surface area contributed by atoms with Gasteiger partial charge >= 0.3 is 0 Å². The number of nitrogens with zero attached hydrogens (tertiary/aromatic N) is 1. The van der Waals surface area contributed by atoms with E-state index in [0.29, 0.717) is 22.5 Å². The van der Waals surface area contributed by atoms with E-state index in [2.05, 4.69) is 5.32 Å². The summed E-state index contributed by atoms with van der Waals surface area (Å²) in [6.45, 7) is 2.55. The Morgan fingerprint density at radius 3 is 2.81 bits per heavy atom. The van der Waals surface area contributed by atoms with Crippen LogP contribution >= 0.6 is 11.6 Å². The van der Waals surface area contributed by atoms with Crippen molar-refractivity contribution in [2.45, 2.75) is 31.7 Å². The molecule has 114 valence electrons. The highest BCUT2D eigenvalue weighted by molar-refractivity contribution is 6.33. The highest BCUT2D eigenvalue weighted by Crippen LogP contribution is 2.31. The van der Waals surface area contributed by atoms with Gasteiger partial charge in [-0.05, 0) is 56.3 Å². The van der Waals surface area contributed by atoms with Crippen LogP contribution in [0.25, 0.3) is 0 Å². The molecule has 3 rings (SSSR count). The van der Waals surface area contributed by atoms with Crippen molar-refractivity contribution < 1.29 is 9.90 Å². The lowest BCUT2D eigenvalue weighted by Gasteiger charge is -2.26. The number of hydrogen-bond acceptors (Lipinski definition) is 3. The van der Waals surface area contributed by atoms with Crippen molar-refractivity contribution in [2.75, 3.05) is 19.6 Å². The van der Waals surface area contributed by atoms with Crippen LogP contribution in [0.15, 0.2) is 18.2 Å². The molecule has 1 aliphatic heterocycles. The van der Waals surface area contributed by atoms with E-state index in [9.17, 15) is 9.90 Å². The maximum atomic E-state index is 12.8. The third-order valence-electron chi connectivity index (χ3n) is 4.25. The Balaban J connectivity index is 1.76. The third-order valence-corrected chi connectivity index (χ3v) is 4.58. The zero-order valence-corrected chi connectivity index (χ0v) is 12.8. The maximum absolute atomic E-state index is 12.8. The molecule has 1 atom stereocenters. The number of amides is 1. The van der Waals surface area contributed by atoms with Crippen molar-refractivity contribution >= 4 is 17.5 Å². The summed E-state index contributed by atoms with van der Waals surface area (Å²) in [7, 11) is 0. The van der Waals surface area contributed by atoms with Gasteiger partial charge in [-0.25, -0.2) is 0 Å². The SMILES string of the molecule is O=C(c1cc(O)ccc1Cl)N(CC1CC1)CC1CCCN1. The number of rotatable bonds is 5.